The largest absolute Gasteiger partial charge is 0.496 e. The average molecular weight is 375 g/mol. The van der Waals surface area contributed by atoms with E-state index >= 15 is 0 Å². The van der Waals surface area contributed by atoms with Gasteiger partial charge in [0.05, 0.1) is 27.9 Å². The fraction of sp³-hybridized carbons (Fsp3) is 0.474. The van der Waals surface area contributed by atoms with Gasteiger partial charge in [-0.15, -0.1) is 0 Å². The third kappa shape index (κ3) is 6.09. The minimum Gasteiger partial charge on any atom is -0.496 e. The van der Waals surface area contributed by atoms with E-state index in [9.17, 15) is 0 Å². The van der Waals surface area contributed by atoms with Gasteiger partial charge in [0.15, 0.2) is 17.5 Å². The van der Waals surface area contributed by atoms with E-state index in [0.29, 0.717) is 23.8 Å². The molecule has 0 aliphatic rings. The van der Waals surface area contributed by atoms with E-state index in [1.54, 1.807) is 27.5 Å². The standard InChI is InChI=1S/C19H29N5O3/c1-5-20-19(21-8-6-10-24-11-7-9-23-24)22-14-15-12-17(26-3)18(27-4)13-16(15)25-2/h7,9,11-13H,5-6,8,10,14H2,1-4H3,(H2,20,21,22). The molecule has 0 fully saturated rings. The Labute approximate surface area is 160 Å². The second-order valence-corrected chi connectivity index (χ2v) is 5.76. The number of aliphatic imine (C=N–C) groups is 1. The predicted octanol–water partition coefficient (Wildman–Crippen LogP) is 2.05. The summed E-state index contributed by atoms with van der Waals surface area (Å²) in [6.07, 6.45) is 4.70. The van der Waals surface area contributed by atoms with E-state index in [1.165, 1.54) is 0 Å². The van der Waals surface area contributed by atoms with Crippen LogP contribution in [0.1, 0.15) is 18.9 Å². The summed E-state index contributed by atoms with van der Waals surface area (Å²) in [4.78, 5) is 4.65. The minimum absolute atomic E-state index is 0.456. The summed E-state index contributed by atoms with van der Waals surface area (Å²) in [5.74, 6) is 2.76. The van der Waals surface area contributed by atoms with E-state index in [-0.39, 0.29) is 0 Å². The number of hydrogen-bond acceptors (Lipinski definition) is 5. The molecular weight excluding hydrogens is 346 g/mol. The van der Waals surface area contributed by atoms with Crippen molar-refractivity contribution in [1.29, 1.82) is 0 Å². The maximum atomic E-state index is 5.46. The molecule has 2 N–H and O–H groups in total. The molecule has 27 heavy (non-hydrogen) atoms. The highest BCUT2D eigenvalue weighted by molar-refractivity contribution is 5.79. The molecular formula is C19H29N5O3. The third-order valence-corrected chi connectivity index (χ3v) is 3.95. The Hall–Kier alpha value is -2.90. The molecule has 148 valence electrons. The maximum Gasteiger partial charge on any atom is 0.191 e. The van der Waals surface area contributed by atoms with Crippen molar-refractivity contribution in [3.05, 3.63) is 36.2 Å². The highest BCUT2D eigenvalue weighted by Gasteiger charge is 2.11. The molecule has 0 aliphatic carbocycles. The lowest BCUT2D eigenvalue weighted by molar-refractivity contribution is 0.347. The van der Waals surface area contributed by atoms with Crippen LogP contribution in [0.3, 0.4) is 0 Å². The lowest BCUT2D eigenvalue weighted by Gasteiger charge is -2.14. The highest BCUT2D eigenvalue weighted by Crippen LogP contribution is 2.34. The lowest BCUT2D eigenvalue weighted by atomic mass is 10.1. The molecule has 0 bridgehead atoms. The Kier molecular flexibility index (Phi) is 8.28. The molecule has 0 saturated carbocycles. The first-order valence-corrected chi connectivity index (χ1v) is 9.00. The summed E-state index contributed by atoms with van der Waals surface area (Å²) in [5.41, 5.74) is 0.920. The van der Waals surface area contributed by atoms with E-state index in [2.05, 4.69) is 20.7 Å². The molecule has 0 saturated heterocycles. The lowest BCUT2D eigenvalue weighted by Crippen LogP contribution is -2.38. The molecule has 0 radical (unpaired) electrons. The molecule has 0 aliphatic heterocycles. The second-order valence-electron chi connectivity index (χ2n) is 5.76. The van der Waals surface area contributed by atoms with Crippen LogP contribution in [0.25, 0.3) is 0 Å². The van der Waals surface area contributed by atoms with Gasteiger partial charge < -0.3 is 24.8 Å². The van der Waals surface area contributed by atoms with Gasteiger partial charge in [-0.2, -0.15) is 5.10 Å². The summed E-state index contributed by atoms with van der Waals surface area (Å²) in [6.45, 7) is 4.95. The number of ether oxygens (including phenoxy) is 3. The summed E-state index contributed by atoms with van der Waals surface area (Å²) in [5, 5.41) is 10.8. The molecule has 0 atom stereocenters. The second kappa shape index (κ2) is 10.9. The van der Waals surface area contributed by atoms with Crippen molar-refractivity contribution in [2.24, 2.45) is 4.99 Å². The van der Waals surface area contributed by atoms with Gasteiger partial charge in [-0.05, 0) is 25.5 Å². The summed E-state index contributed by atoms with van der Waals surface area (Å²) in [6, 6.07) is 5.63. The monoisotopic (exact) mass is 375 g/mol. The first kappa shape index (κ1) is 20.4. The molecule has 8 nitrogen and oxygen atoms in total. The fourth-order valence-electron chi connectivity index (χ4n) is 2.60. The summed E-state index contributed by atoms with van der Waals surface area (Å²) >= 11 is 0. The number of rotatable bonds is 10. The molecule has 8 heteroatoms. The van der Waals surface area contributed by atoms with E-state index < -0.39 is 0 Å². The van der Waals surface area contributed by atoms with Crippen molar-refractivity contribution in [2.45, 2.75) is 26.4 Å². The smallest absolute Gasteiger partial charge is 0.191 e. The highest BCUT2D eigenvalue weighted by atomic mass is 16.5. The van der Waals surface area contributed by atoms with Crippen molar-refractivity contribution < 1.29 is 14.2 Å². The van der Waals surface area contributed by atoms with Crippen molar-refractivity contribution in [2.75, 3.05) is 34.4 Å². The zero-order valence-electron chi connectivity index (χ0n) is 16.5. The molecule has 0 spiro atoms. The first-order chi connectivity index (χ1) is 13.2. The number of hydrogen-bond donors (Lipinski definition) is 2. The van der Waals surface area contributed by atoms with Crippen molar-refractivity contribution in [3.8, 4) is 17.2 Å². The molecule has 2 rings (SSSR count). The normalized spacial score (nSPS) is 11.2. The molecule has 0 unspecified atom stereocenters. The Morgan fingerprint density at radius 2 is 1.81 bits per heavy atom. The molecule has 2 aromatic rings. The zero-order chi connectivity index (χ0) is 19.5. The Morgan fingerprint density at radius 3 is 2.44 bits per heavy atom. The number of methoxy groups -OCH3 is 3. The van der Waals surface area contributed by atoms with Gasteiger partial charge in [-0.3, -0.25) is 4.68 Å². The van der Waals surface area contributed by atoms with Crippen molar-refractivity contribution >= 4 is 5.96 Å². The van der Waals surface area contributed by atoms with Gasteiger partial charge in [0.25, 0.3) is 0 Å². The number of guanidine groups is 1. The number of nitrogens with zero attached hydrogens (tertiary/aromatic N) is 3. The van der Waals surface area contributed by atoms with Gasteiger partial charge in [0.1, 0.15) is 5.75 Å². The van der Waals surface area contributed by atoms with Crippen LogP contribution < -0.4 is 24.8 Å². The van der Waals surface area contributed by atoms with Crippen LogP contribution in [0.2, 0.25) is 0 Å². The Morgan fingerprint density at radius 1 is 1.07 bits per heavy atom. The third-order valence-electron chi connectivity index (χ3n) is 3.95. The van der Waals surface area contributed by atoms with E-state index in [0.717, 1.165) is 37.6 Å². The molecule has 1 aromatic heterocycles. The van der Waals surface area contributed by atoms with Gasteiger partial charge in [0.2, 0.25) is 0 Å². The van der Waals surface area contributed by atoms with Crippen molar-refractivity contribution in [1.82, 2.24) is 20.4 Å². The minimum atomic E-state index is 0.456. The Balaban J connectivity index is 2.00. The topological polar surface area (TPSA) is 81.9 Å². The summed E-state index contributed by atoms with van der Waals surface area (Å²) in [7, 11) is 4.85. The van der Waals surface area contributed by atoms with Gasteiger partial charge >= 0.3 is 0 Å². The van der Waals surface area contributed by atoms with Crippen LogP contribution in [-0.4, -0.2) is 50.2 Å². The van der Waals surface area contributed by atoms with E-state index in [1.807, 2.05) is 36.0 Å². The number of aryl methyl sites for hydroxylation is 1. The predicted molar refractivity (Wildman–Crippen MR) is 106 cm³/mol. The van der Waals surface area contributed by atoms with Crippen LogP contribution in [0.5, 0.6) is 17.2 Å². The van der Waals surface area contributed by atoms with Crippen LogP contribution in [-0.2, 0) is 13.1 Å². The number of benzene rings is 1. The molecule has 1 aromatic carbocycles. The molecule has 0 amide bonds. The van der Waals surface area contributed by atoms with Crippen LogP contribution >= 0.6 is 0 Å². The fourth-order valence-corrected chi connectivity index (χ4v) is 2.60. The zero-order valence-corrected chi connectivity index (χ0v) is 16.5. The van der Waals surface area contributed by atoms with Crippen LogP contribution in [0, 0.1) is 0 Å². The quantitative estimate of drug-likeness (QED) is 0.376. The number of aromatic nitrogens is 2. The average Bonchev–Trinajstić information content (AvgIpc) is 3.22. The maximum absolute atomic E-state index is 5.46. The van der Waals surface area contributed by atoms with Crippen LogP contribution in [0.15, 0.2) is 35.6 Å². The van der Waals surface area contributed by atoms with Gasteiger partial charge in [-0.1, -0.05) is 0 Å². The SMILES string of the molecule is CCNC(=NCc1cc(OC)c(OC)cc1OC)NCCCn1cccn1. The van der Waals surface area contributed by atoms with E-state index in [4.69, 9.17) is 14.2 Å². The van der Waals surface area contributed by atoms with Crippen molar-refractivity contribution in [3.63, 3.8) is 0 Å². The van der Waals surface area contributed by atoms with Gasteiger partial charge in [0, 0.05) is 43.7 Å². The first-order valence-electron chi connectivity index (χ1n) is 9.00. The Bertz CT molecular complexity index is 716. The summed E-state index contributed by atoms with van der Waals surface area (Å²) < 4.78 is 18.1. The molecule has 1 heterocycles. The number of nitrogens with one attached hydrogen (secondary N) is 2. The van der Waals surface area contributed by atoms with Gasteiger partial charge in [-0.25, -0.2) is 4.99 Å². The van der Waals surface area contributed by atoms with Crippen LogP contribution in [0.4, 0.5) is 0 Å².